The van der Waals surface area contributed by atoms with Crippen LogP contribution in [0.5, 0.6) is 0 Å². The van der Waals surface area contributed by atoms with Gasteiger partial charge in [-0.1, -0.05) is 24.3 Å². The van der Waals surface area contributed by atoms with E-state index < -0.39 is 0 Å². The minimum atomic E-state index is 0.292. The Labute approximate surface area is 115 Å². The molecule has 0 radical (unpaired) electrons. The fourth-order valence-corrected chi connectivity index (χ4v) is 3.23. The van der Waals surface area contributed by atoms with E-state index in [4.69, 9.17) is 9.47 Å². The van der Waals surface area contributed by atoms with Crippen LogP contribution in [-0.2, 0) is 15.9 Å². The average molecular weight is 261 g/mol. The first-order chi connectivity index (χ1) is 9.38. The zero-order chi connectivity index (χ0) is 13.1. The van der Waals surface area contributed by atoms with Crippen LogP contribution in [0.3, 0.4) is 0 Å². The first-order valence-corrected chi connectivity index (χ1v) is 7.33. The van der Waals surface area contributed by atoms with Gasteiger partial charge < -0.3 is 14.8 Å². The molecular weight excluding hydrogens is 238 g/mol. The quantitative estimate of drug-likeness (QED) is 0.902. The third kappa shape index (κ3) is 2.83. The van der Waals surface area contributed by atoms with Gasteiger partial charge in [0.2, 0.25) is 0 Å². The maximum Gasteiger partial charge on any atom is 0.0773 e. The number of ether oxygens (including phenoxy) is 2. The highest BCUT2D eigenvalue weighted by atomic mass is 16.5. The number of aryl methyl sites for hydroxylation is 1. The molecular formula is C16H23NO2. The fraction of sp³-hybridized carbons (Fsp3) is 0.625. The largest absolute Gasteiger partial charge is 0.381 e. The second-order valence-electron chi connectivity index (χ2n) is 5.61. The van der Waals surface area contributed by atoms with Crippen molar-refractivity contribution in [1.82, 2.24) is 5.32 Å². The van der Waals surface area contributed by atoms with E-state index in [1.807, 2.05) is 7.05 Å². The molecule has 1 fully saturated rings. The molecule has 3 atom stereocenters. The molecule has 1 saturated heterocycles. The maximum absolute atomic E-state index is 6.18. The molecule has 1 N–H and O–H groups in total. The highest BCUT2D eigenvalue weighted by Gasteiger charge is 2.29. The van der Waals surface area contributed by atoms with Crippen LogP contribution in [0.25, 0.3) is 0 Å². The van der Waals surface area contributed by atoms with E-state index in [0.29, 0.717) is 18.1 Å². The van der Waals surface area contributed by atoms with Crippen molar-refractivity contribution in [3.05, 3.63) is 35.4 Å². The Morgan fingerprint density at radius 1 is 1.32 bits per heavy atom. The van der Waals surface area contributed by atoms with Crippen LogP contribution in [0.15, 0.2) is 24.3 Å². The predicted molar refractivity (Wildman–Crippen MR) is 75.2 cm³/mol. The third-order valence-corrected chi connectivity index (χ3v) is 4.34. The number of fused-ring (bicyclic) bond motifs is 1. The lowest BCUT2D eigenvalue weighted by atomic mass is 9.85. The molecule has 1 aromatic rings. The van der Waals surface area contributed by atoms with Crippen molar-refractivity contribution in [2.45, 2.75) is 31.4 Å². The third-order valence-electron chi connectivity index (χ3n) is 4.34. The van der Waals surface area contributed by atoms with Gasteiger partial charge in [-0.2, -0.15) is 0 Å². The highest BCUT2D eigenvalue weighted by molar-refractivity contribution is 5.33. The maximum atomic E-state index is 6.18. The zero-order valence-corrected chi connectivity index (χ0v) is 11.6. The van der Waals surface area contributed by atoms with E-state index >= 15 is 0 Å². The van der Waals surface area contributed by atoms with Crippen molar-refractivity contribution in [2.75, 3.05) is 26.9 Å². The molecule has 3 rings (SSSR count). The van der Waals surface area contributed by atoms with Crippen LogP contribution in [-0.4, -0.2) is 33.0 Å². The Morgan fingerprint density at radius 2 is 2.21 bits per heavy atom. The first kappa shape index (κ1) is 13.1. The van der Waals surface area contributed by atoms with Crippen molar-refractivity contribution < 1.29 is 9.47 Å². The molecule has 1 aromatic carbocycles. The van der Waals surface area contributed by atoms with Crippen molar-refractivity contribution in [3.63, 3.8) is 0 Å². The summed E-state index contributed by atoms with van der Waals surface area (Å²) in [5.41, 5.74) is 2.87. The lowest BCUT2D eigenvalue weighted by Crippen LogP contribution is -2.37. The Bertz CT molecular complexity index is 415. The van der Waals surface area contributed by atoms with Gasteiger partial charge in [0.1, 0.15) is 0 Å². The summed E-state index contributed by atoms with van der Waals surface area (Å²) in [6, 6.07) is 9.04. The van der Waals surface area contributed by atoms with E-state index in [1.54, 1.807) is 0 Å². The van der Waals surface area contributed by atoms with Gasteiger partial charge in [0.15, 0.2) is 0 Å². The van der Waals surface area contributed by atoms with E-state index in [1.165, 1.54) is 11.1 Å². The predicted octanol–water partition coefficient (Wildman–Crippen LogP) is 2.32. The van der Waals surface area contributed by atoms with Crippen LogP contribution >= 0.6 is 0 Å². The van der Waals surface area contributed by atoms with Crippen molar-refractivity contribution in [2.24, 2.45) is 5.92 Å². The summed E-state index contributed by atoms with van der Waals surface area (Å²) >= 11 is 0. The molecule has 3 nitrogen and oxygen atoms in total. The van der Waals surface area contributed by atoms with Crippen LogP contribution < -0.4 is 5.32 Å². The first-order valence-electron chi connectivity index (χ1n) is 7.33. The van der Waals surface area contributed by atoms with Crippen molar-refractivity contribution in [3.8, 4) is 0 Å². The van der Waals surface area contributed by atoms with Gasteiger partial charge in [-0.15, -0.1) is 0 Å². The van der Waals surface area contributed by atoms with E-state index in [0.717, 1.165) is 39.1 Å². The fourth-order valence-electron chi connectivity index (χ4n) is 3.23. The van der Waals surface area contributed by atoms with Gasteiger partial charge in [0.25, 0.3) is 0 Å². The van der Waals surface area contributed by atoms with E-state index in [2.05, 4.69) is 29.6 Å². The topological polar surface area (TPSA) is 30.5 Å². The lowest BCUT2D eigenvalue weighted by Gasteiger charge is -2.34. The average Bonchev–Trinajstić information content (AvgIpc) is 2.97. The molecule has 0 amide bonds. The molecule has 0 spiro atoms. The molecule has 3 unspecified atom stereocenters. The van der Waals surface area contributed by atoms with Gasteiger partial charge in [0.05, 0.1) is 25.4 Å². The summed E-state index contributed by atoms with van der Waals surface area (Å²) < 4.78 is 11.6. The monoisotopic (exact) mass is 261 g/mol. The summed E-state index contributed by atoms with van der Waals surface area (Å²) in [4.78, 5) is 0. The van der Waals surface area contributed by atoms with Crippen molar-refractivity contribution >= 4 is 0 Å². The summed E-state index contributed by atoms with van der Waals surface area (Å²) in [6.45, 7) is 2.61. The van der Waals surface area contributed by atoms with Crippen LogP contribution in [0.1, 0.15) is 30.0 Å². The van der Waals surface area contributed by atoms with Crippen LogP contribution in [0.4, 0.5) is 0 Å². The Morgan fingerprint density at radius 3 is 3.00 bits per heavy atom. The summed E-state index contributed by atoms with van der Waals surface area (Å²) in [5, 5.41) is 3.43. The number of hydrogen-bond acceptors (Lipinski definition) is 3. The van der Waals surface area contributed by atoms with Gasteiger partial charge in [-0.05, 0) is 37.4 Å². The zero-order valence-electron chi connectivity index (χ0n) is 11.6. The van der Waals surface area contributed by atoms with Crippen LogP contribution in [0.2, 0.25) is 0 Å². The van der Waals surface area contributed by atoms with Gasteiger partial charge in [-0.3, -0.25) is 0 Å². The molecule has 0 aromatic heterocycles. The summed E-state index contributed by atoms with van der Waals surface area (Å²) in [6.07, 6.45) is 3.67. The number of rotatable bonds is 4. The van der Waals surface area contributed by atoms with E-state index in [-0.39, 0.29) is 0 Å². The van der Waals surface area contributed by atoms with Gasteiger partial charge in [-0.25, -0.2) is 0 Å². The number of benzene rings is 1. The number of likely N-dealkylation sites (N-methyl/N-ethyl adjacent to an activating group) is 1. The Balaban J connectivity index is 1.65. The van der Waals surface area contributed by atoms with Gasteiger partial charge in [0, 0.05) is 12.5 Å². The molecule has 1 aliphatic carbocycles. The minimum absolute atomic E-state index is 0.292. The molecule has 1 heterocycles. The summed E-state index contributed by atoms with van der Waals surface area (Å²) in [5.74, 6) is 0.592. The van der Waals surface area contributed by atoms with E-state index in [9.17, 15) is 0 Å². The molecule has 1 aliphatic heterocycles. The van der Waals surface area contributed by atoms with Crippen LogP contribution in [0, 0.1) is 5.92 Å². The highest BCUT2D eigenvalue weighted by Crippen LogP contribution is 2.32. The second-order valence-corrected chi connectivity index (χ2v) is 5.61. The smallest absolute Gasteiger partial charge is 0.0773 e. The molecule has 3 heteroatoms. The summed E-state index contributed by atoms with van der Waals surface area (Å²) in [7, 11) is 2.03. The lowest BCUT2D eigenvalue weighted by molar-refractivity contribution is -0.00348. The second kappa shape index (κ2) is 6.04. The molecule has 19 heavy (non-hydrogen) atoms. The standard InChI is InChI=1S/C16H23NO2/c1-17-16-14-5-3-2-4-13(14)6-7-15(16)19-11-12-8-9-18-10-12/h2-5,12,15-17H,6-11H2,1H3. The Hall–Kier alpha value is -0.900. The SMILES string of the molecule is CNC1c2ccccc2CCC1OCC1CCOC1. The van der Waals surface area contributed by atoms with Crippen molar-refractivity contribution in [1.29, 1.82) is 0 Å². The number of nitrogens with one attached hydrogen (secondary N) is 1. The minimum Gasteiger partial charge on any atom is -0.381 e. The molecule has 2 aliphatic rings. The molecule has 0 bridgehead atoms. The number of hydrogen-bond donors (Lipinski definition) is 1. The molecule has 0 saturated carbocycles. The normalized spacial score (nSPS) is 30.3. The van der Waals surface area contributed by atoms with Gasteiger partial charge >= 0.3 is 0 Å². The Kier molecular flexibility index (Phi) is 4.16. The molecule has 104 valence electrons.